The molecule has 2 aromatic heterocycles. The Morgan fingerprint density at radius 3 is 2.73 bits per heavy atom. The largest absolute Gasteiger partial charge is 0.451 e. The molecule has 1 N–H and O–H groups in total. The van der Waals surface area contributed by atoms with Crippen LogP contribution in [-0.4, -0.2) is 33.2 Å². The molecule has 1 amide bonds. The second kappa shape index (κ2) is 6.69. The highest BCUT2D eigenvalue weighted by Gasteiger charge is 2.17. The van der Waals surface area contributed by atoms with Crippen molar-refractivity contribution >= 4 is 29.0 Å². The van der Waals surface area contributed by atoms with Crippen LogP contribution in [0.4, 0.5) is 5.82 Å². The standard InChI is InChI=1S/C14H18N4O3S/c1-8(2)18-11(5-6-15-18)17-12(19)7-21-14(20)13-9(3)16-10(4)22-13/h5-6,8H,7H2,1-4H3,(H,17,19). The van der Waals surface area contributed by atoms with Gasteiger partial charge < -0.3 is 10.1 Å². The summed E-state index contributed by atoms with van der Waals surface area (Å²) in [5.41, 5.74) is 0.616. The highest BCUT2D eigenvalue weighted by atomic mass is 32.1. The zero-order valence-corrected chi connectivity index (χ0v) is 13.7. The van der Waals surface area contributed by atoms with Crippen LogP contribution in [0.1, 0.15) is 40.3 Å². The van der Waals surface area contributed by atoms with Gasteiger partial charge >= 0.3 is 5.97 Å². The Morgan fingerprint density at radius 1 is 1.41 bits per heavy atom. The highest BCUT2D eigenvalue weighted by Crippen LogP contribution is 2.18. The Labute approximate surface area is 132 Å². The molecule has 0 saturated carbocycles. The molecular weight excluding hydrogens is 304 g/mol. The monoisotopic (exact) mass is 322 g/mol. The van der Waals surface area contributed by atoms with Gasteiger partial charge in [-0.25, -0.2) is 14.5 Å². The molecule has 0 saturated heterocycles. The van der Waals surface area contributed by atoms with Crippen LogP contribution >= 0.6 is 11.3 Å². The molecule has 0 aliphatic heterocycles. The average Bonchev–Trinajstić information content (AvgIpc) is 3.02. The fourth-order valence-electron chi connectivity index (χ4n) is 1.92. The Balaban J connectivity index is 1.91. The topological polar surface area (TPSA) is 86.1 Å². The molecule has 0 aliphatic carbocycles. The maximum atomic E-state index is 11.9. The van der Waals surface area contributed by atoms with Crippen molar-refractivity contribution in [1.29, 1.82) is 0 Å². The number of nitrogens with zero attached hydrogens (tertiary/aromatic N) is 3. The number of aromatic nitrogens is 3. The number of nitrogens with one attached hydrogen (secondary N) is 1. The number of carbonyl (C=O) groups is 2. The second-order valence-corrected chi connectivity index (χ2v) is 6.23. The van der Waals surface area contributed by atoms with Crippen LogP contribution in [0.25, 0.3) is 0 Å². The van der Waals surface area contributed by atoms with E-state index in [2.05, 4.69) is 15.4 Å². The molecule has 0 unspecified atom stereocenters. The lowest BCUT2D eigenvalue weighted by Crippen LogP contribution is -2.23. The Kier molecular flexibility index (Phi) is 4.92. The van der Waals surface area contributed by atoms with Gasteiger partial charge in [-0.2, -0.15) is 5.10 Å². The summed E-state index contributed by atoms with van der Waals surface area (Å²) in [5, 5.41) is 7.57. The lowest BCUT2D eigenvalue weighted by atomic mass is 10.4. The van der Waals surface area contributed by atoms with E-state index in [1.54, 1.807) is 23.9 Å². The van der Waals surface area contributed by atoms with Gasteiger partial charge in [-0.1, -0.05) is 0 Å². The van der Waals surface area contributed by atoms with Crippen LogP contribution < -0.4 is 5.32 Å². The molecule has 2 aromatic rings. The fourth-order valence-corrected chi connectivity index (χ4v) is 2.73. The Bertz CT molecular complexity index is 690. The van der Waals surface area contributed by atoms with Crippen LogP contribution in [0.5, 0.6) is 0 Å². The van der Waals surface area contributed by atoms with E-state index in [4.69, 9.17) is 4.74 Å². The third-order valence-electron chi connectivity index (χ3n) is 2.85. The quantitative estimate of drug-likeness (QED) is 0.854. The Hall–Kier alpha value is -2.22. The van der Waals surface area contributed by atoms with E-state index in [1.165, 1.54) is 11.3 Å². The zero-order chi connectivity index (χ0) is 16.3. The molecular formula is C14H18N4O3S. The van der Waals surface area contributed by atoms with E-state index in [9.17, 15) is 9.59 Å². The van der Waals surface area contributed by atoms with Crippen molar-refractivity contribution in [2.24, 2.45) is 0 Å². The SMILES string of the molecule is Cc1nc(C)c(C(=O)OCC(=O)Nc2ccnn2C(C)C)s1. The van der Waals surface area contributed by atoms with Crippen LogP contribution in [0.15, 0.2) is 12.3 Å². The molecule has 0 aliphatic rings. The van der Waals surface area contributed by atoms with Crippen molar-refractivity contribution in [1.82, 2.24) is 14.8 Å². The lowest BCUT2D eigenvalue weighted by Gasteiger charge is -2.11. The molecule has 8 heteroatoms. The van der Waals surface area contributed by atoms with Crippen molar-refractivity contribution in [2.45, 2.75) is 33.7 Å². The van der Waals surface area contributed by atoms with Gasteiger partial charge in [0, 0.05) is 12.1 Å². The second-order valence-electron chi connectivity index (χ2n) is 5.03. The van der Waals surface area contributed by atoms with Crippen LogP contribution in [0.3, 0.4) is 0 Å². The minimum Gasteiger partial charge on any atom is -0.451 e. The summed E-state index contributed by atoms with van der Waals surface area (Å²) in [4.78, 5) is 28.4. The van der Waals surface area contributed by atoms with Crippen LogP contribution in [0.2, 0.25) is 0 Å². The van der Waals surface area contributed by atoms with Gasteiger partial charge in [-0.15, -0.1) is 11.3 Å². The summed E-state index contributed by atoms with van der Waals surface area (Å²) in [6.07, 6.45) is 1.60. The number of hydrogen-bond donors (Lipinski definition) is 1. The van der Waals surface area contributed by atoms with E-state index in [0.717, 1.165) is 5.01 Å². The number of thiazole rings is 1. The molecule has 2 rings (SSSR count). The number of ether oxygens (including phenoxy) is 1. The van der Waals surface area contributed by atoms with Gasteiger partial charge in [-0.05, 0) is 27.7 Å². The van der Waals surface area contributed by atoms with Crippen LogP contribution in [0, 0.1) is 13.8 Å². The van der Waals surface area contributed by atoms with E-state index >= 15 is 0 Å². The zero-order valence-electron chi connectivity index (χ0n) is 12.9. The molecule has 0 fully saturated rings. The van der Waals surface area contributed by atoms with Crippen molar-refractivity contribution in [3.63, 3.8) is 0 Å². The molecule has 118 valence electrons. The van der Waals surface area contributed by atoms with E-state index < -0.39 is 11.9 Å². The van der Waals surface area contributed by atoms with Gasteiger partial charge in [0.1, 0.15) is 10.7 Å². The predicted molar refractivity (Wildman–Crippen MR) is 83.1 cm³/mol. The molecule has 7 nitrogen and oxygen atoms in total. The van der Waals surface area contributed by atoms with Gasteiger partial charge in [-0.3, -0.25) is 4.79 Å². The number of anilines is 1. The summed E-state index contributed by atoms with van der Waals surface area (Å²) in [6.45, 7) is 7.11. The number of aryl methyl sites for hydroxylation is 2. The number of rotatable bonds is 5. The van der Waals surface area contributed by atoms with E-state index in [0.29, 0.717) is 16.4 Å². The van der Waals surface area contributed by atoms with Gasteiger partial charge in [0.2, 0.25) is 0 Å². The summed E-state index contributed by atoms with van der Waals surface area (Å²) in [5.74, 6) is -0.369. The van der Waals surface area contributed by atoms with Gasteiger partial charge in [0.05, 0.1) is 16.9 Å². The molecule has 2 heterocycles. The molecule has 0 radical (unpaired) electrons. The summed E-state index contributed by atoms with van der Waals surface area (Å²) < 4.78 is 6.70. The van der Waals surface area contributed by atoms with Crippen molar-refractivity contribution in [3.8, 4) is 0 Å². The molecule has 22 heavy (non-hydrogen) atoms. The van der Waals surface area contributed by atoms with E-state index in [1.807, 2.05) is 20.8 Å². The molecule has 0 atom stereocenters. The maximum Gasteiger partial charge on any atom is 0.350 e. The fraction of sp³-hybridized carbons (Fsp3) is 0.429. The van der Waals surface area contributed by atoms with Gasteiger partial charge in [0.15, 0.2) is 6.61 Å². The number of amides is 1. The highest BCUT2D eigenvalue weighted by molar-refractivity contribution is 7.13. The summed E-state index contributed by atoms with van der Waals surface area (Å²) >= 11 is 1.25. The maximum absolute atomic E-state index is 11.9. The number of hydrogen-bond acceptors (Lipinski definition) is 6. The Morgan fingerprint density at radius 2 is 2.14 bits per heavy atom. The third kappa shape index (κ3) is 3.70. The average molecular weight is 322 g/mol. The van der Waals surface area contributed by atoms with Crippen molar-refractivity contribution in [2.75, 3.05) is 11.9 Å². The van der Waals surface area contributed by atoms with E-state index in [-0.39, 0.29) is 12.6 Å². The minimum atomic E-state index is -0.532. The smallest absolute Gasteiger partial charge is 0.350 e. The first kappa shape index (κ1) is 16.2. The predicted octanol–water partition coefficient (Wildman–Crippen LogP) is 2.33. The first-order chi connectivity index (χ1) is 10.4. The summed E-state index contributed by atoms with van der Waals surface area (Å²) in [7, 11) is 0. The third-order valence-corrected chi connectivity index (χ3v) is 3.90. The summed E-state index contributed by atoms with van der Waals surface area (Å²) in [6, 6.07) is 1.81. The number of esters is 1. The minimum absolute atomic E-state index is 0.121. The molecule has 0 bridgehead atoms. The first-order valence-electron chi connectivity index (χ1n) is 6.83. The molecule has 0 spiro atoms. The lowest BCUT2D eigenvalue weighted by molar-refractivity contribution is -0.119. The van der Waals surface area contributed by atoms with Gasteiger partial charge in [0.25, 0.3) is 5.91 Å². The van der Waals surface area contributed by atoms with Crippen LogP contribution in [-0.2, 0) is 9.53 Å². The molecule has 0 aromatic carbocycles. The number of carbonyl (C=O) groups excluding carboxylic acids is 2. The van der Waals surface area contributed by atoms with Crippen molar-refractivity contribution < 1.29 is 14.3 Å². The normalized spacial score (nSPS) is 10.8. The van der Waals surface area contributed by atoms with Crippen molar-refractivity contribution in [3.05, 3.63) is 27.8 Å². The first-order valence-corrected chi connectivity index (χ1v) is 7.64.